The van der Waals surface area contributed by atoms with E-state index in [2.05, 4.69) is 6.92 Å². The normalized spacial score (nSPS) is 12.2. The molecule has 19 heavy (non-hydrogen) atoms. The Morgan fingerprint density at radius 2 is 1.95 bits per heavy atom. The predicted molar refractivity (Wildman–Crippen MR) is 79.6 cm³/mol. The van der Waals surface area contributed by atoms with Crippen LogP contribution in [0.5, 0.6) is 5.75 Å². The molecule has 0 radical (unpaired) electrons. The molecule has 1 aromatic carbocycles. The Bertz CT molecular complexity index is 560. The Morgan fingerprint density at radius 1 is 1.26 bits per heavy atom. The Hall–Kier alpha value is -1.32. The van der Waals surface area contributed by atoms with Gasteiger partial charge in [-0.25, -0.2) is 0 Å². The molecule has 0 N–H and O–H groups in total. The lowest BCUT2D eigenvalue weighted by Crippen LogP contribution is -2.23. The van der Waals surface area contributed by atoms with Crippen molar-refractivity contribution in [3.05, 3.63) is 51.2 Å². The smallest absolute Gasteiger partial charge is 0.212 e. The summed E-state index contributed by atoms with van der Waals surface area (Å²) in [6, 6.07) is 11.3. The molecule has 0 aliphatic carbocycles. The van der Waals surface area contributed by atoms with Crippen LogP contribution in [0.3, 0.4) is 0 Å². The Morgan fingerprint density at radius 3 is 2.47 bits per heavy atom. The Balaban J connectivity index is 2.03. The van der Waals surface area contributed by atoms with Crippen molar-refractivity contribution in [2.75, 3.05) is 0 Å². The van der Waals surface area contributed by atoms with Crippen LogP contribution in [0.1, 0.15) is 29.1 Å². The number of hydrogen-bond acceptors (Lipinski definition) is 3. The highest BCUT2D eigenvalue weighted by Crippen LogP contribution is 2.24. The van der Waals surface area contributed by atoms with Crippen LogP contribution >= 0.6 is 22.9 Å². The van der Waals surface area contributed by atoms with Gasteiger partial charge in [-0.1, -0.05) is 30.7 Å². The third-order valence-electron chi connectivity index (χ3n) is 2.83. The van der Waals surface area contributed by atoms with Gasteiger partial charge in [-0.3, -0.25) is 4.79 Å². The van der Waals surface area contributed by atoms with Gasteiger partial charge in [0.05, 0.1) is 9.21 Å². The van der Waals surface area contributed by atoms with E-state index in [1.807, 2.05) is 24.3 Å². The maximum Gasteiger partial charge on any atom is 0.212 e. The Labute approximate surface area is 122 Å². The zero-order chi connectivity index (χ0) is 13.8. The molecule has 2 aromatic rings. The number of carbonyl (C=O) groups is 1. The van der Waals surface area contributed by atoms with Gasteiger partial charge in [-0.05, 0) is 43.2 Å². The molecule has 0 fully saturated rings. The molecule has 0 saturated carbocycles. The first kappa shape index (κ1) is 14.1. The summed E-state index contributed by atoms with van der Waals surface area (Å²) in [5.74, 6) is 0.664. The predicted octanol–water partition coefficient (Wildman–Crippen LogP) is 4.61. The van der Waals surface area contributed by atoms with Crippen molar-refractivity contribution in [1.29, 1.82) is 0 Å². The highest BCUT2D eigenvalue weighted by Gasteiger charge is 2.18. The van der Waals surface area contributed by atoms with Crippen LogP contribution in [0.4, 0.5) is 0 Å². The fourth-order valence-electron chi connectivity index (χ4n) is 1.71. The molecule has 1 atom stereocenters. The van der Waals surface area contributed by atoms with Crippen molar-refractivity contribution < 1.29 is 9.53 Å². The molecule has 4 heteroatoms. The number of hydrogen-bond donors (Lipinski definition) is 0. The lowest BCUT2D eigenvalue weighted by molar-refractivity contribution is 0.0822. The van der Waals surface area contributed by atoms with E-state index in [1.165, 1.54) is 16.9 Å². The number of Topliss-reactive ketones (excluding diaryl/α,β-unsaturated/α-hetero) is 1. The number of benzene rings is 1. The first-order chi connectivity index (χ1) is 9.10. The third-order valence-corrected chi connectivity index (χ3v) is 4.08. The van der Waals surface area contributed by atoms with Gasteiger partial charge in [0.1, 0.15) is 5.75 Å². The van der Waals surface area contributed by atoms with Gasteiger partial charge in [-0.15, -0.1) is 11.3 Å². The van der Waals surface area contributed by atoms with E-state index in [9.17, 15) is 4.79 Å². The number of halogens is 1. The topological polar surface area (TPSA) is 26.3 Å². The van der Waals surface area contributed by atoms with Crippen molar-refractivity contribution in [1.82, 2.24) is 0 Å². The molecule has 0 saturated heterocycles. The maximum atomic E-state index is 12.1. The van der Waals surface area contributed by atoms with E-state index in [1.54, 1.807) is 19.1 Å². The van der Waals surface area contributed by atoms with Gasteiger partial charge in [0, 0.05) is 0 Å². The molecule has 0 spiro atoms. The fraction of sp³-hybridized carbons (Fsp3) is 0.267. The van der Waals surface area contributed by atoms with Crippen molar-refractivity contribution >= 4 is 28.7 Å². The van der Waals surface area contributed by atoms with E-state index >= 15 is 0 Å². The van der Waals surface area contributed by atoms with Crippen LogP contribution in [-0.4, -0.2) is 11.9 Å². The summed E-state index contributed by atoms with van der Waals surface area (Å²) in [6.07, 6.45) is 0.477. The quantitative estimate of drug-likeness (QED) is 0.753. The largest absolute Gasteiger partial charge is 0.483 e. The molecule has 0 amide bonds. The van der Waals surface area contributed by atoms with Crippen molar-refractivity contribution in [3.8, 4) is 5.75 Å². The summed E-state index contributed by atoms with van der Waals surface area (Å²) in [5, 5.41) is 0. The average Bonchev–Trinajstić information content (AvgIpc) is 2.85. The van der Waals surface area contributed by atoms with Crippen molar-refractivity contribution in [2.24, 2.45) is 0 Å². The second-order valence-electron chi connectivity index (χ2n) is 4.23. The zero-order valence-corrected chi connectivity index (χ0v) is 12.4. The zero-order valence-electron chi connectivity index (χ0n) is 10.9. The molecule has 100 valence electrons. The SMILES string of the molecule is CCc1ccc(OC(C)C(=O)c2ccc(Cl)s2)cc1. The molecular weight excluding hydrogens is 280 g/mol. The first-order valence-corrected chi connectivity index (χ1v) is 7.34. The van der Waals surface area contributed by atoms with Crippen LogP contribution < -0.4 is 4.74 Å². The van der Waals surface area contributed by atoms with Crippen molar-refractivity contribution in [2.45, 2.75) is 26.4 Å². The van der Waals surface area contributed by atoms with Gasteiger partial charge in [0.2, 0.25) is 5.78 Å². The van der Waals surface area contributed by atoms with Gasteiger partial charge in [0.15, 0.2) is 6.10 Å². The van der Waals surface area contributed by atoms with Gasteiger partial charge >= 0.3 is 0 Å². The van der Waals surface area contributed by atoms with Crippen LogP contribution in [-0.2, 0) is 6.42 Å². The third kappa shape index (κ3) is 3.58. The molecule has 0 bridgehead atoms. The lowest BCUT2D eigenvalue weighted by Gasteiger charge is -2.13. The molecule has 0 aliphatic rings. The molecule has 1 heterocycles. The first-order valence-electron chi connectivity index (χ1n) is 6.15. The number of thiophene rings is 1. The van der Waals surface area contributed by atoms with Crippen LogP contribution in [0, 0.1) is 0 Å². The minimum absolute atomic E-state index is 0.0449. The highest BCUT2D eigenvalue weighted by atomic mass is 35.5. The number of aryl methyl sites for hydroxylation is 1. The summed E-state index contributed by atoms with van der Waals surface area (Å²) in [5.41, 5.74) is 1.25. The summed E-state index contributed by atoms with van der Waals surface area (Å²) in [4.78, 5) is 12.7. The number of rotatable bonds is 5. The van der Waals surface area contributed by atoms with Crippen LogP contribution in [0.2, 0.25) is 4.34 Å². The van der Waals surface area contributed by atoms with E-state index < -0.39 is 6.10 Å². The highest BCUT2D eigenvalue weighted by molar-refractivity contribution is 7.18. The molecule has 1 aromatic heterocycles. The molecule has 2 rings (SSSR count). The summed E-state index contributed by atoms with van der Waals surface area (Å²) in [6.45, 7) is 3.85. The second-order valence-corrected chi connectivity index (χ2v) is 5.94. The van der Waals surface area contributed by atoms with Crippen molar-refractivity contribution in [3.63, 3.8) is 0 Å². The van der Waals surface area contributed by atoms with Gasteiger partial charge in [0.25, 0.3) is 0 Å². The fourth-order valence-corrected chi connectivity index (χ4v) is 2.77. The van der Waals surface area contributed by atoms with Crippen LogP contribution in [0.15, 0.2) is 36.4 Å². The standard InChI is InChI=1S/C15H15ClO2S/c1-3-11-4-6-12(7-5-11)18-10(2)15(17)13-8-9-14(16)19-13/h4-10H,3H2,1-2H3. The number of ether oxygens (including phenoxy) is 1. The lowest BCUT2D eigenvalue weighted by atomic mass is 10.1. The number of carbonyl (C=O) groups excluding carboxylic acids is 1. The average molecular weight is 295 g/mol. The molecule has 0 aliphatic heterocycles. The number of ketones is 1. The van der Waals surface area contributed by atoms with Gasteiger partial charge in [-0.2, -0.15) is 0 Å². The minimum Gasteiger partial charge on any atom is -0.483 e. The second kappa shape index (κ2) is 6.22. The molecule has 1 unspecified atom stereocenters. The Kier molecular flexibility index (Phi) is 4.61. The maximum absolute atomic E-state index is 12.1. The minimum atomic E-state index is -0.512. The molecular formula is C15H15ClO2S. The summed E-state index contributed by atoms with van der Waals surface area (Å²) >= 11 is 7.10. The van der Waals surface area contributed by atoms with Gasteiger partial charge < -0.3 is 4.74 Å². The summed E-state index contributed by atoms with van der Waals surface area (Å²) in [7, 11) is 0. The monoisotopic (exact) mass is 294 g/mol. The van der Waals surface area contributed by atoms with Crippen LogP contribution in [0.25, 0.3) is 0 Å². The summed E-state index contributed by atoms with van der Waals surface area (Å²) < 4.78 is 6.27. The van der Waals surface area contributed by atoms with E-state index in [4.69, 9.17) is 16.3 Å². The van der Waals surface area contributed by atoms with E-state index in [0.29, 0.717) is 15.0 Å². The molecule has 2 nitrogen and oxygen atoms in total. The van der Waals surface area contributed by atoms with E-state index in [-0.39, 0.29) is 5.78 Å². The van der Waals surface area contributed by atoms with E-state index in [0.717, 1.165) is 6.42 Å².